The Morgan fingerprint density at radius 1 is 1.17 bits per heavy atom. The van der Waals surface area contributed by atoms with Crippen LogP contribution >= 0.6 is 0 Å². The number of hydrogen-bond donors (Lipinski definition) is 1. The minimum absolute atomic E-state index is 0.209. The monoisotopic (exact) mass is 309 g/mol. The number of rotatable bonds is 4. The van der Waals surface area contributed by atoms with Crippen molar-refractivity contribution in [3.63, 3.8) is 0 Å². The number of anilines is 1. The van der Waals surface area contributed by atoms with E-state index in [1.54, 1.807) is 23.3 Å². The van der Waals surface area contributed by atoms with E-state index in [-0.39, 0.29) is 5.91 Å². The normalized spacial score (nSPS) is 10.7. The molecule has 6 heteroatoms. The van der Waals surface area contributed by atoms with Crippen LogP contribution in [-0.4, -0.2) is 25.0 Å². The van der Waals surface area contributed by atoms with Crippen LogP contribution in [0.2, 0.25) is 0 Å². The van der Waals surface area contributed by atoms with Crippen LogP contribution in [0.1, 0.15) is 28.9 Å². The maximum absolute atomic E-state index is 12.3. The van der Waals surface area contributed by atoms with Gasteiger partial charge >= 0.3 is 0 Å². The summed E-state index contributed by atoms with van der Waals surface area (Å²) in [5.41, 5.74) is 3.86. The van der Waals surface area contributed by atoms with Crippen molar-refractivity contribution in [3.8, 4) is 5.69 Å². The van der Waals surface area contributed by atoms with E-state index in [4.69, 9.17) is 0 Å². The van der Waals surface area contributed by atoms with E-state index in [1.165, 1.54) is 0 Å². The largest absolute Gasteiger partial charge is 0.327 e. The van der Waals surface area contributed by atoms with Crippen LogP contribution in [0.4, 0.5) is 5.69 Å². The molecule has 0 aliphatic carbocycles. The first-order valence-corrected chi connectivity index (χ1v) is 7.53. The quantitative estimate of drug-likeness (QED) is 0.806. The fourth-order valence-electron chi connectivity index (χ4n) is 2.42. The summed E-state index contributed by atoms with van der Waals surface area (Å²) in [7, 11) is 0. The fraction of sp³-hybridized carbons (Fsp3) is 0.235. The van der Waals surface area contributed by atoms with Gasteiger partial charge < -0.3 is 14.5 Å². The number of carbonyl (C=O) groups is 1. The maximum Gasteiger partial charge on any atom is 0.291 e. The number of nitrogens with one attached hydrogen (secondary N) is 1. The number of nitrogens with zero attached hydrogens (tertiary/aromatic N) is 4. The second kappa shape index (κ2) is 6.08. The van der Waals surface area contributed by atoms with Gasteiger partial charge in [-0.05, 0) is 45.0 Å². The van der Waals surface area contributed by atoms with Gasteiger partial charge in [-0.3, -0.25) is 4.79 Å². The minimum Gasteiger partial charge on any atom is -0.327 e. The standard InChI is InChI=1S/C17H19N5O/c1-4-21-10-9-18-16(21)17(23)20-14-5-7-15(8-6-14)22-11-19-12(2)13(22)3/h5-11H,4H2,1-3H3,(H,20,23). The smallest absolute Gasteiger partial charge is 0.291 e. The first-order valence-electron chi connectivity index (χ1n) is 7.53. The molecule has 0 spiro atoms. The highest BCUT2D eigenvalue weighted by molar-refractivity contribution is 6.01. The summed E-state index contributed by atoms with van der Waals surface area (Å²) in [6.07, 6.45) is 5.23. The molecule has 0 saturated heterocycles. The molecule has 0 unspecified atom stereocenters. The minimum atomic E-state index is -0.209. The van der Waals surface area contributed by atoms with Gasteiger partial charge in [0.25, 0.3) is 5.91 Å². The number of imidazole rings is 2. The first kappa shape index (κ1) is 15.0. The molecule has 0 fully saturated rings. The highest BCUT2D eigenvalue weighted by Gasteiger charge is 2.12. The predicted octanol–water partition coefficient (Wildman–Crippen LogP) is 2.96. The SMILES string of the molecule is CCn1ccnc1C(=O)Nc1ccc(-n2cnc(C)c2C)cc1. The third-order valence-electron chi connectivity index (χ3n) is 3.91. The molecule has 1 aromatic carbocycles. The molecule has 2 aromatic heterocycles. The Hall–Kier alpha value is -2.89. The van der Waals surface area contributed by atoms with E-state index in [9.17, 15) is 4.79 Å². The topological polar surface area (TPSA) is 64.7 Å². The van der Waals surface area contributed by atoms with Gasteiger partial charge in [-0.1, -0.05) is 0 Å². The number of hydrogen-bond acceptors (Lipinski definition) is 3. The second-order valence-electron chi connectivity index (χ2n) is 5.32. The van der Waals surface area contributed by atoms with Crippen molar-refractivity contribution < 1.29 is 4.79 Å². The molecule has 1 amide bonds. The summed E-state index contributed by atoms with van der Waals surface area (Å²) >= 11 is 0. The van der Waals surface area contributed by atoms with Gasteiger partial charge in [-0.15, -0.1) is 0 Å². The molecule has 0 radical (unpaired) electrons. The van der Waals surface area contributed by atoms with Crippen LogP contribution in [0.3, 0.4) is 0 Å². The average Bonchev–Trinajstić information content (AvgIpc) is 3.16. The lowest BCUT2D eigenvalue weighted by molar-refractivity contribution is 0.101. The highest BCUT2D eigenvalue weighted by Crippen LogP contribution is 2.17. The zero-order chi connectivity index (χ0) is 16.4. The number of amides is 1. The van der Waals surface area contributed by atoms with E-state index in [0.29, 0.717) is 12.4 Å². The summed E-state index contributed by atoms with van der Waals surface area (Å²) in [6.45, 7) is 6.70. The van der Waals surface area contributed by atoms with E-state index in [2.05, 4.69) is 15.3 Å². The van der Waals surface area contributed by atoms with Gasteiger partial charge in [0.05, 0.1) is 12.0 Å². The molecular weight excluding hydrogens is 290 g/mol. The number of aryl methyl sites for hydroxylation is 2. The molecule has 0 aliphatic rings. The lowest BCUT2D eigenvalue weighted by Crippen LogP contribution is -2.17. The molecule has 23 heavy (non-hydrogen) atoms. The van der Waals surface area contributed by atoms with Gasteiger partial charge in [-0.25, -0.2) is 9.97 Å². The Morgan fingerprint density at radius 2 is 1.91 bits per heavy atom. The molecule has 2 heterocycles. The van der Waals surface area contributed by atoms with Crippen LogP contribution in [-0.2, 0) is 6.54 Å². The fourth-order valence-corrected chi connectivity index (χ4v) is 2.42. The van der Waals surface area contributed by atoms with Gasteiger partial charge in [0.1, 0.15) is 0 Å². The molecule has 118 valence electrons. The van der Waals surface area contributed by atoms with Crippen molar-refractivity contribution in [3.05, 3.63) is 60.2 Å². The molecule has 0 aliphatic heterocycles. The van der Waals surface area contributed by atoms with Gasteiger partial charge in [0.15, 0.2) is 5.82 Å². The Kier molecular flexibility index (Phi) is 3.97. The highest BCUT2D eigenvalue weighted by atomic mass is 16.2. The molecule has 3 aromatic rings. The predicted molar refractivity (Wildman–Crippen MR) is 88.9 cm³/mol. The zero-order valence-corrected chi connectivity index (χ0v) is 13.4. The van der Waals surface area contributed by atoms with E-state index >= 15 is 0 Å². The number of benzene rings is 1. The Morgan fingerprint density at radius 3 is 2.52 bits per heavy atom. The van der Waals surface area contributed by atoms with Crippen molar-refractivity contribution >= 4 is 11.6 Å². The molecule has 0 bridgehead atoms. The Labute approximate surface area is 134 Å². The summed E-state index contributed by atoms with van der Waals surface area (Å²) in [4.78, 5) is 20.7. The van der Waals surface area contributed by atoms with Crippen LogP contribution in [0.15, 0.2) is 43.0 Å². The van der Waals surface area contributed by atoms with Gasteiger partial charge in [-0.2, -0.15) is 0 Å². The van der Waals surface area contributed by atoms with E-state index in [0.717, 1.165) is 22.8 Å². The van der Waals surface area contributed by atoms with Crippen LogP contribution in [0.25, 0.3) is 5.69 Å². The van der Waals surface area contributed by atoms with Gasteiger partial charge in [0, 0.05) is 36.0 Å². The van der Waals surface area contributed by atoms with Crippen molar-refractivity contribution in [1.82, 2.24) is 19.1 Å². The molecule has 1 N–H and O–H groups in total. The Balaban J connectivity index is 1.78. The van der Waals surface area contributed by atoms with Crippen LogP contribution < -0.4 is 5.32 Å². The van der Waals surface area contributed by atoms with Crippen molar-refractivity contribution in [2.75, 3.05) is 5.32 Å². The van der Waals surface area contributed by atoms with Crippen molar-refractivity contribution in [1.29, 1.82) is 0 Å². The van der Waals surface area contributed by atoms with Gasteiger partial charge in [0.2, 0.25) is 0 Å². The maximum atomic E-state index is 12.3. The van der Waals surface area contributed by atoms with Crippen LogP contribution in [0, 0.1) is 13.8 Å². The summed E-state index contributed by atoms with van der Waals surface area (Å²) < 4.78 is 3.83. The van der Waals surface area contributed by atoms with Crippen LogP contribution in [0.5, 0.6) is 0 Å². The lowest BCUT2D eigenvalue weighted by Gasteiger charge is -2.09. The van der Waals surface area contributed by atoms with Crippen molar-refractivity contribution in [2.45, 2.75) is 27.3 Å². The molecule has 6 nitrogen and oxygen atoms in total. The lowest BCUT2D eigenvalue weighted by atomic mass is 10.2. The van der Waals surface area contributed by atoms with Crippen molar-refractivity contribution in [2.24, 2.45) is 0 Å². The molecule has 0 atom stereocenters. The van der Waals surface area contributed by atoms with E-state index in [1.807, 2.05) is 49.6 Å². The molecule has 0 saturated carbocycles. The zero-order valence-electron chi connectivity index (χ0n) is 13.4. The first-order chi connectivity index (χ1) is 11.1. The average molecular weight is 309 g/mol. The summed E-state index contributed by atoms with van der Waals surface area (Å²) in [6, 6.07) is 7.66. The third kappa shape index (κ3) is 2.88. The summed E-state index contributed by atoms with van der Waals surface area (Å²) in [5, 5.41) is 2.87. The summed E-state index contributed by atoms with van der Waals surface area (Å²) in [5.74, 6) is 0.205. The third-order valence-corrected chi connectivity index (χ3v) is 3.91. The second-order valence-corrected chi connectivity index (χ2v) is 5.32. The molecular formula is C17H19N5O. The number of aromatic nitrogens is 4. The molecule has 3 rings (SSSR count). The number of carbonyl (C=O) groups excluding carboxylic acids is 1. The van der Waals surface area contributed by atoms with E-state index < -0.39 is 0 Å². The Bertz CT molecular complexity index is 829.